The van der Waals surface area contributed by atoms with Crippen LogP contribution in [-0.4, -0.2) is 78.0 Å². The van der Waals surface area contributed by atoms with Crippen molar-refractivity contribution in [3.05, 3.63) is 17.5 Å². The second kappa shape index (κ2) is 7.66. The maximum absolute atomic E-state index is 12.9. The number of carbonyl (C=O) groups is 1. The summed E-state index contributed by atoms with van der Waals surface area (Å²) < 4.78 is 33.6. The molecule has 3 rings (SSSR count). The van der Waals surface area contributed by atoms with Crippen LogP contribution in [0.25, 0.3) is 0 Å². The van der Waals surface area contributed by atoms with E-state index in [0.29, 0.717) is 44.8 Å². The lowest BCUT2D eigenvalue weighted by molar-refractivity contribution is 0.0339. The first-order valence-electron chi connectivity index (χ1n) is 9.13. The van der Waals surface area contributed by atoms with Gasteiger partial charge in [0.25, 0.3) is 5.91 Å². The Morgan fingerprint density at radius 1 is 1.27 bits per heavy atom. The quantitative estimate of drug-likeness (QED) is 0.766. The van der Waals surface area contributed by atoms with Gasteiger partial charge in [-0.15, -0.1) is 0 Å². The molecule has 1 aromatic heterocycles. The number of ether oxygens (including phenoxy) is 1. The average molecular weight is 385 g/mol. The normalized spacial score (nSPS) is 22.8. The van der Waals surface area contributed by atoms with E-state index in [1.165, 1.54) is 6.26 Å². The first-order chi connectivity index (χ1) is 12.3. The van der Waals surface area contributed by atoms with Gasteiger partial charge in [0.2, 0.25) is 10.0 Å². The Balaban J connectivity index is 1.79. The second-order valence-electron chi connectivity index (χ2n) is 7.28. The molecule has 3 heterocycles. The average Bonchev–Trinajstić information content (AvgIpc) is 2.93. The lowest BCUT2D eigenvalue weighted by Gasteiger charge is -2.42. The van der Waals surface area contributed by atoms with Gasteiger partial charge >= 0.3 is 0 Å². The lowest BCUT2D eigenvalue weighted by Crippen LogP contribution is -2.55. The predicted octanol–water partition coefficient (Wildman–Crippen LogP) is 0.774. The van der Waals surface area contributed by atoms with Crippen LogP contribution in [0.1, 0.15) is 41.9 Å². The van der Waals surface area contributed by atoms with Gasteiger partial charge in [-0.05, 0) is 38.7 Å². The molecule has 0 bridgehead atoms. The van der Waals surface area contributed by atoms with Gasteiger partial charge in [0.1, 0.15) is 5.69 Å². The molecule has 1 unspecified atom stereocenters. The molecular formula is C17H28N4O4S. The number of nitrogens with zero attached hydrogens (tertiary/aromatic N) is 4. The maximum Gasteiger partial charge on any atom is 0.272 e. The van der Waals surface area contributed by atoms with Crippen molar-refractivity contribution in [2.24, 2.45) is 7.05 Å². The van der Waals surface area contributed by atoms with Crippen LogP contribution in [0.5, 0.6) is 0 Å². The number of sulfonamides is 1. The highest BCUT2D eigenvalue weighted by Crippen LogP contribution is 2.26. The van der Waals surface area contributed by atoms with Gasteiger partial charge in [-0.3, -0.25) is 9.48 Å². The van der Waals surface area contributed by atoms with E-state index in [9.17, 15) is 13.2 Å². The van der Waals surface area contributed by atoms with Gasteiger partial charge in [-0.1, -0.05) is 0 Å². The maximum atomic E-state index is 12.9. The molecule has 1 atom stereocenters. The van der Waals surface area contributed by atoms with Crippen LogP contribution in [0.4, 0.5) is 0 Å². The summed E-state index contributed by atoms with van der Waals surface area (Å²) >= 11 is 0. The summed E-state index contributed by atoms with van der Waals surface area (Å²) in [7, 11) is -1.60. The van der Waals surface area contributed by atoms with Gasteiger partial charge in [0, 0.05) is 45.4 Å². The van der Waals surface area contributed by atoms with E-state index < -0.39 is 10.0 Å². The standard InChI is InChI=1S/C17H28N4O4S/c1-13-11-16(19(2)18-13)17(22)20-8-4-5-15(12-20)21(26(3,23)24)14-6-9-25-10-7-14/h11,14-15H,4-10,12H2,1-3H3. The summed E-state index contributed by atoms with van der Waals surface area (Å²) in [5.41, 5.74) is 1.34. The Hall–Kier alpha value is -1.45. The van der Waals surface area contributed by atoms with Crippen molar-refractivity contribution in [3.63, 3.8) is 0 Å². The third-order valence-corrected chi connectivity index (χ3v) is 6.56. The number of likely N-dealkylation sites (tertiary alicyclic amines) is 1. The molecule has 0 N–H and O–H groups in total. The molecular weight excluding hydrogens is 356 g/mol. The summed E-state index contributed by atoms with van der Waals surface area (Å²) in [5, 5.41) is 4.24. The van der Waals surface area contributed by atoms with Gasteiger partial charge in [0.15, 0.2) is 0 Å². The van der Waals surface area contributed by atoms with Crippen LogP contribution in [-0.2, 0) is 21.8 Å². The fraction of sp³-hybridized carbons (Fsp3) is 0.765. The molecule has 0 aliphatic carbocycles. The second-order valence-corrected chi connectivity index (χ2v) is 9.17. The number of aryl methyl sites for hydroxylation is 2. The molecule has 2 fully saturated rings. The van der Waals surface area contributed by atoms with E-state index in [2.05, 4.69) is 5.10 Å². The first-order valence-corrected chi connectivity index (χ1v) is 11.0. The summed E-state index contributed by atoms with van der Waals surface area (Å²) in [5.74, 6) is -0.0850. The van der Waals surface area contributed by atoms with Gasteiger partial charge in [-0.25, -0.2) is 8.42 Å². The molecule has 2 aliphatic rings. The van der Waals surface area contributed by atoms with Crippen LogP contribution in [0, 0.1) is 6.92 Å². The monoisotopic (exact) mass is 384 g/mol. The molecule has 2 saturated heterocycles. The van der Waals surface area contributed by atoms with Gasteiger partial charge in [0.05, 0.1) is 11.9 Å². The fourth-order valence-electron chi connectivity index (χ4n) is 4.10. The number of rotatable bonds is 4. The minimum absolute atomic E-state index is 0.0438. The van der Waals surface area contributed by atoms with Crippen molar-refractivity contribution in [2.75, 3.05) is 32.6 Å². The van der Waals surface area contributed by atoms with Crippen molar-refractivity contribution in [1.82, 2.24) is 19.0 Å². The lowest BCUT2D eigenvalue weighted by atomic mass is 10.0. The van der Waals surface area contributed by atoms with Crippen molar-refractivity contribution < 1.29 is 17.9 Å². The van der Waals surface area contributed by atoms with Crippen LogP contribution in [0.15, 0.2) is 6.07 Å². The van der Waals surface area contributed by atoms with Crippen molar-refractivity contribution in [1.29, 1.82) is 0 Å². The zero-order valence-corrected chi connectivity index (χ0v) is 16.5. The van der Waals surface area contributed by atoms with E-state index in [4.69, 9.17) is 4.74 Å². The number of hydrogen-bond donors (Lipinski definition) is 0. The zero-order chi connectivity index (χ0) is 18.9. The molecule has 0 spiro atoms. The topological polar surface area (TPSA) is 84.7 Å². The highest BCUT2D eigenvalue weighted by atomic mass is 32.2. The number of piperidine rings is 1. The van der Waals surface area contributed by atoms with Crippen LogP contribution in [0.3, 0.4) is 0 Å². The molecule has 1 amide bonds. The number of carbonyl (C=O) groups excluding carboxylic acids is 1. The summed E-state index contributed by atoms with van der Waals surface area (Å²) in [6.45, 7) is 4.09. The van der Waals surface area contributed by atoms with Crippen LogP contribution >= 0.6 is 0 Å². The number of hydrogen-bond acceptors (Lipinski definition) is 5. The number of amides is 1. The van der Waals surface area contributed by atoms with E-state index in [1.807, 2.05) is 6.92 Å². The fourth-order valence-corrected chi connectivity index (χ4v) is 5.57. The molecule has 1 aromatic rings. The third-order valence-electron chi connectivity index (χ3n) is 5.20. The smallest absolute Gasteiger partial charge is 0.272 e. The SMILES string of the molecule is Cc1cc(C(=O)N2CCCC(N(C3CCOCC3)S(C)(=O)=O)C2)n(C)n1. The predicted molar refractivity (Wildman–Crippen MR) is 97.4 cm³/mol. The van der Waals surface area contributed by atoms with E-state index >= 15 is 0 Å². The molecule has 146 valence electrons. The Kier molecular flexibility index (Phi) is 5.69. The molecule has 0 aromatic carbocycles. The molecule has 2 aliphatic heterocycles. The Morgan fingerprint density at radius 3 is 2.54 bits per heavy atom. The summed E-state index contributed by atoms with van der Waals surface area (Å²) in [6, 6.07) is 1.55. The Bertz CT molecular complexity index is 755. The Labute approximate surface area is 155 Å². The largest absolute Gasteiger partial charge is 0.381 e. The van der Waals surface area contributed by atoms with Crippen molar-refractivity contribution in [3.8, 4) is 0 Å². The van der Waals surface area contributed by atoms with Crippen molar-refractivity contribution in [2.45, 2.75) is 44.7 Å². The van der Waals surface area contributed by atoms with Crippen LogP contribution < -0.4 is 0 Å². The third kappa shape index (κ3) is 4.10. The summed E-state index contributed by atoms with van der Waals surface area (Å²) in [4.78, 5) is 14.7. The highest BCUT2D eigenvalue weighted by Gasteiger charge is 2.38. The summed E-state index contributed by atoms with van der Waals surface area (Å²) in [6.07, 6.45) is 4.26. The van der Waals surface area contributed by atoms with Crippen LogP contribution in [0.2, 0.25) is 0 Å². The van der Waals surface area contributed by atoms with Gasteiger partial charge < -0.3 is 9.64 Å². The molecule has 8 nitrogen and oxygen atoms in total. The minimum atomic E-state index is -3.36. The van der Waals surface area contributed by atoms with E-state index in [0.717, 1.165) is 18.5 Å². The number of aromatic nitrogens is 2. The molecule has 0 radical (unpaired) electrons. The van der Waals surface area contributed by atoms with Gasteiger partial charge in [-0.2, -0.15) is 9.40 Å². The Morgan fingerprint density at radius 2 is 1.96 bits per heavy atom. The van der Waals surface area contributed by atoms with E-state index in [1.54, 1.807) is 27.0 Å². The highest BCUT2D eigenvalue weighted by molar-refractivity contribution is 7.88. The van der Waals surface area contributed by atoms with E-state index in [-0.39, 0.29) is 18.0 Å². The molecule has 9 heteroatoms. The zero-order valence-electron chi connectivity index (χ0n) is 15.7. The molecule has 26 heavy (non-hydrogen) atoms. The minimum Gasteiger partial charge on any atom is -0.381 e. The van der Waals surface area contributed by atoms with Crippen molar-refractivity contribution >= 4 is 15.9 Å². The molecule has 0 saturated carbocycles. The first kappa shape index (κ1) is 19.3.